The predicted octanol–water partition coefficient (Wildman–Crippen LogP) is 17.7. The van der Waals surface area contributed by atoms with Gasteiger partial charge >= 0.3 is 0 Å². The van der Waals surface area contributed by atoms with Crippen LogP contribution in [0.25, 0.3) is 0 Å². The van der Waals surface area contributed by atoms with Gasteiger partial charge in [0, 0.05) is 0 Å². The highest BCUT2D eigenvalue weighted by atomic mass is 14.0. The van der Waals surface area contributed by atoms with Crippen LogP contribution in [-0.2, 0) is 0 Å². The van der Waals surface area contributed by atoms with Gasteiger partial charge in [0.2, 0.25) is 0 Å². The van der Waals surface area contributed by atoms with E-state index in [4.69, 9.17) is 0 Å². The van der Waals surface area contributed by atoms with Gasteiger partial charge in [0.1, 0.15) is 0 Å². The van der Waals surface area contributed by atoms with E-state index in [0.29, 0.717) is 0 Å². The molecule has 0 fully saturated rings. The Morgan fingerprint density at radius 1 is 0.200 bits per heavy atom. The van der Waals surface area contributed by atoms with Crippen LogP contribution < -0.4 is 0 Å². The molecule has 0 aliphatic heterocycles. The van der Waals surface area contributed by atoms with Crippen LogP contribution in [0.15, 0.2) is 0 Å². The molecule has 0 aliphatic carbocycles. The van der Waals surface area contributed by atoms with Gasteiger partial charge in [-0.3, -0.25) is 0 Å². The zero-order chi connectivity index (χ0) is 32.6. The molecule has 0 nitrogen and oxygen atoms in total. The molecule has 0 aromatic heterocycles. The summed E-state index contributed by atoms with van der Waals surface area (Å²) in [4.78, 5) is 0. The molecule has 0 atom stereocenters. The molecule has 45 heavy (non-hydrogen) atoms. The highest BCUT2D eigenvalue weighted by Gasteiger charge is 1.98. The van der Waals surface area contributed by atoms with E-state index in [9.17, 15) is 0 Å². The molecule has 0 amide bonds. The Hall–Kier alpha value is 0. The van der Waals surface area contributed by atoms with Gasteiger partial charge in [-0.05, 0) is 5.92 Å². The van der Waals surface area contributed by atoms with E-state index < -0.39 is 0 Å². The maximum absolute atomic E-state index is 2.35. The first-order valence-electron chi connectivity index (χ1n) is 22.3. The van der Waals surface area contributed by atoms with E-state index in [1.54, 1.807) is 0 Å². The summed E-state index contributed by atoms with van der Waals surface area (Å²) in [6, 6.07) is 0. The molecule has 0 radical (unpaired) electrons. The normalized spacial score (nSPS) is 11.7. The average Bonchev–Trinajstić information content (AvgIpc) is 3.03. The predicted molar refractivity (Wildman–Crippen MR) is 210 cm³/mol. The molecule has 0 rings (SSSR count). The van der Waals surface area contributed by atoms with Crippen LogP contribution in [0, 0.1) is 5.92 Å². The van der Waals surface area contributed by atoms with Crippen LogP contribution in [0.3, 0.4) is 0 Å². The quantitative estimate of drug-likeness (QED) is 0.0588. The molecule has 0 heteroatoms. The van der Waals surface area contributed by atoms with Gasteiger partial charge in [0.25, 0.3) is 0 Å². The highest BCUT2D eigenvalue weighted by molar-refractivity contribution is 4.54. The summed E-state index contributed by atoms with van der Waals surface area (Å²) in [5.74, 6) is 0.896. The molecule has 0 heterocycles. The van der Waals surface area contributed by atoms with Crippen molar-refractivity contribution in [3.05, 3.63) is 0 Å². The van der Waals surface area contributed by atoms with Crippen molar-refractivity contribution in [1.29, 1.82) is 0 Å². The Labute approximate surface area is 289 Å². The van der Waals surface area contributed by atoms with Gasteiger partial charge in [-0.1, -0.05) is 284 Å². The molecule has 0 aromatic carbocycles. The van der Waals surface area contributed by atoms with E-state index in [1.807, 2.05) is 0 Å². The molecule has 0 saturated carbocycles. The van der Waals surface area contributed by atoms with Crippen LogP contribution in [0.1, 0.15) is 284 Å². The van der Waals surface area contributed by atoms with Crippen molar-refractivity contribution in [3.8, 4) is 0 Å². The van der Waals surface area contributed by atoms with E-state index in [0.717, 1.165) is 5.92 Å². The standard InChI is InChI=1S/C45H92/c1-4-5-6-7-8-9-10-11-12-13-14-15-16-17-18-19-20-21-22-23-24-25-26-27-28-29-30-31-32-33-34-35-36-37-38-39-40-41-42-43-44-45(2)3/h45H,4-44H2,1-3H3. The second-order valence-electron chi connectivity index (χ2n) is 16.0. The van der Waals surface area contributed by atoms with Crippen LogP contribution in [0.2, 0.25) is 0 Å². The average molecular weight is 633 g/mol. The van der Waals surface area contributed by atoms with Crippen molar-refractivity contribution in [2.24, 2.45) is 5.92 Å². The summed E-state index contributed by atoms with van der Waals surface area (Å²) in [7, 11) is 0. The minimum atomic E-state index is 0.896. The first kappa shape index (κ1) is 45.0. The van der Waals surface area contributed by atoms with Gasteiger partial charge in [0.05, 0.1) is 0 Å². The molecular weight excluding hydrogens is 540 g/mol. The van der Waals surface area contributed by atoms with Crippen molar-refractivity contribution in [2.45, 2.75) is 284 Å². The largest absolute Gasteiger partial charge is 0.0654 e. The van der Waals surface area contributed by atoms with Gasteiger partial charge < -0.3 is 0 Å². The smallest absolute Gasteiger partial charge is 0.0471 e. The van der Waals surface area contributed by atoms with Crippen LogP contribution in [-0.4, -0.2) is 0 Å². The van der Waals surface area contributed by atoms with Crippen molar-refractivity contribution in [1.82, 2.24) is 0 Å². The highest BCUT2D eigenvalue weighted by Crippen LogP contribution is 2.18. The third kappa shape index (κ3) is 44.0. The molecule has 0 bridgehead atoms. The Bertz CT molecular complexity index is 478. The second-order valence-corrected chi connectivity index (χ2v) is 16.0. The molecule has 0 N–H and O–H groups in total. The molecule has 0 saturated heterocycles. The minimum absolute atomic E-state index is 0.896. The van der Waals surface area contributed by atoms with E-state index in [-0.39, 0.29) is 0 Å². The Morgan fingerprint density at radius 3 is 0.467 bits per heavy atom. The fourth-order valence-corrected chi connectivity index (χ4v) is 7.34. The molecule has 0 aliphatic rings. The Kier molecular flexibility index (Phi) is 42.0. The molecule has 0 spiro atoms. The van der Waals surface area contributed by atoms with E-state index >= 15 is 0 Å². The van der Waals surface area contributed by atoms with Crippen molar-refractivity contribution < 1.29 is 0 Å². The van der Waals surface area contributed by atoms with Gasteiger partial charge in [-0.25, -0.2) is 0 Å². The zero-order valence-corrected chi connectivity index (χ0v) is 32.6. The van der Waals surface area contributed by atoms with Gasteiger partial charge in [0.15, 0.2) is 0 Å². The number of unbranched alkanes of at least 4 members (excludes halogenated alkanes) is 39. The summed E-state index contributed by atoms with van der Waals surface area (Å²) < 4.78 is 0. The monoisotopic (exact) mass is 633 g/mol. The summed E-state index contributed by atoms with van der Waals surface area (Å²) in [6.45, 7) is 7.02. The van der Waals surface area contributed by atoms with Crippen molar-refractivity contribution >= 4 is 0 Å². The summed E-state index contributed by atoms with van der Waals surface area (Å²) in [5, 5.41) is 0. The lowest BCUT2D eigenvalue weighted by atomic mass is 10.0. The molecule has 272 valence electrons. The Balaban J connectivity index is 3.04. The van der Waals surface area contributed by atoms with Gasteiger partial charge in [-0.15, -0.1) is 0 Å². The fraction of sp³-hybridized carbons (Fsp3) is 1.00. The molecule has 0 aromatic rings. The van der Waals surface area contributed by atoms with Gasteiger partial charge in [-0.2, -0.15) is 0 Å². The maximum Gasteiger partial charge on any atom is -0.0471 e. The third-order valence-corrected chi connectivity index (χ3v) is 10.6. The summed E-state index contributed by atoms with van der Waals surface area (Å²) in [5.41, 5.74) is 0. The maximum atomic E-state index is 2.35. The van der Waals surface area contributed by atoms with E-state index in [2.05, 4.69) is 20.8 Å². The first-order chi connectivity index (χ1) is 22.3. The van der Waals surface area contributed by atoms with Crippen LogP contribution >= 0.6 is 0 Å². The third-order valence-electron chi connectivity index (χ3n) is 10.6. The lowest BCUT2D eigenvalue weighted by Gasteiger charge is -2.05. The minimum Gasteiger partial charge on any atom is -0.0654 e. The van der Waals surface area contributed by atoms with Crippen molar-refractivity contribution in [2.75, 3.05) is 0 Å². The van der Waals surface area contributed by atoms with E-state index in [1.165, 1.54) is 263 Å². The second kappa shape index (κ2) is 42.0. The zero-order valence-electron chi connectivity index (χ0n) is 32.6. The Morgan fingerprint density at radius 2 is 0.333 bits per heavy atom. The lowest BCUT2D eigenvalue weighted by Crippen LogP contribution is -1.87. The number of hydrogen-bond acceptors (Lipinski definition) is 0. The van der Waals surface area contributed by atoms with Crippen molar-refractivity contribution in [3.63, 3.8) is 0 Å². The van der Waals surface area contributed by atoms with Crippen LogP contribution in [0.4, 0.5) is 0 Å². The molecule has 0 unspecified atom stereocenters. The fourth-order valence-electron chi connectivity index (χ4n) is 7.34. The summed E-state index contributed by atoms with van der Waals surface area (Å²) in [6.07, 6.45) is 60.9. The lowest BCUT2D eigenvalue weighted by molar-refractivity contribution is 0.500. The topological polar surface area (TPSA) is 0 Å². The molecular formula is C45H92. The first-order valence-corrected chi connectivity index (χ1v) is 22.3. The van der Waals surface area contributed by atoms with Crippen LogP contribution in [0.5, 0.6) is 0 Å². The SMILES string of the molecule is CCCCCCCCCCCCCCCCCCCCCCCCCCCCCCCCCCCCCCCCCCC(C)C. The number of rotatable bonds is 41. The number of hydrogen-bond donors (Lipinski definition) is 0. The summed E-state index contributed by atoms with van der Waals surface area (Å²) >= 11 is 0.